The van der Waals surface area contributed by atoms with Crippen molar-refractivity contribution < 1.29 is 31.2 Å². The molecule has 1 rings (SSSR count). The summed E-state index contributed by atoms with van der Waals surface area (Å²) in [5, 5.41) is 0. The Morgan fingerprint density at radius 2 is 1.88 bits per heavy atom. The molecular weight excluding hydrogens is 235 g/mol. The van der Waals surface area contributed by atoms with Crippen molar-refractivity contribution in [3.63, 3.8) is 0 Å². The topological polar surface area (TPSA) is 30.2 Å². The van der Waals surface area contributed by atoms with Crippen molar-refractivity contribution in [3.8, 4) is 0 Å². The molecule has 0 aliphatic rings. The molecule has 0 saturated carbocycles. The molecule has 0 aromatic carbocycles. The van der Waals surface area contributed by atoms with E-state index in [0.717, 1.165) is 12.3 Å². The summed E-state index contributed by atoms with van der Waals surface area (Å²) in [5.41, 5.74) is 0. The molecule has 0 fully saturated rings. The maximum Gasteiger partial charge on any atom is 0.457 e. The standard InChI is InChI=1S/C9H5F5O2/c10-8(11,9(12,13)14)4-3-6(15)7-2-1-5-16-7/h1-5H/b4-3+. The quantitative estimate of drug-likeness (QED) is 0.461. The summed E-state index contributed by atoms with van der Waals surface area (Å²) >= 11 is 0. The monoisotopic (exact) mass is 240 g/mol. The maximum atomic E-state index is 12.3. The van der Waals surface area contributed by atoms with Gasteiger partial charge in [-0.3, -0.25) is 4.79 Å². The number of ketones is 1. The Morgan fingerprint density at radius 3 is 2.31 bits per heavy atom. The molecule has 0 bridgehead atoms. The van der Waals surface area contributed by atoms with Gasteiger partial charge in [-0.05, 0) is 24.3 Å². The minimum atomic E-state index is -5.72. The number of carbonyl (C=O) groups is 1. The summed E-state index contributed by atoms with van der Waals surface area (Å²) in [6.07, 6.45) is -4.99. The minimum Gasteiger partial charge on any atom is -0.461 e. The molecule has 0 spiro atoms. The second-order valence-electron chi connectivity index (χ2n) is 2.80. The first-order chi connectivity index (χ1) is 7.24. The fourth-order valence-electron chi connectivity index (χ4n) is 0.776. The molecule has 0 atom stereocenters. The second kappa shape index (κ2) is 4.07. The van der Waals surface area contributed by atoms with Crippen molar-refractivity contribution in [2.75, 3.05) is 0 Å². The van der Waals surface area contributed by atoms with Gasteiger partial charge in [0.15, 0.2) is 5.76 Å². The molecule has 1 heterocycles. The number of halogens is 5. The van der Waals surface area contributed by atoms with Crippen molar-refractivity contribution >= 4 is 5.78 Å². The molecular formula is C9H5F5O2. The van der Waals surface area contributed by atoms with Crippen LogP contribution in [0.2, 0.25) is 0 Å². The Morgan fingerprint density at radius 1 is 1.25 bits per heavy atom. The largest absolute Gasteiger partial charge is 0.461 e. The van der Waals surface area contributed by atoms with E-state index >= 15 is 0 Å². The van der Waals surface area contributed by atoms with Gasteiger partial charge in [0.25, 0.3) is 0 Å². The fraction of sp³-hybridized carbons (Fsp3) is 0.222. The third kappa shape index (κ3) is 2.68. The van der Waals surface area contributed by atoms with Crippen LogP contribution in [0, 0.1) is 0 Å². The molecule has 0 aliphatic carbocycles. The molecule has 2 nitrogen and oxygen atoms in total. The lowest BCUT2D eigenvalue weighted by Gasteiger charge is -2.14. The highest BCUT2D eigenvalue weighted by Crippen LogP contribution is 2.36. The van der Waals surface area contributed by atoms with Crippen LogP contribution in [0.1, 0.15) is 10.6 Å². The molecule has 0 N–H and O–H groups in total. The minimum absolute atomic E-state index is 0.131. The third-order valence-corrected chi connectivity index (χ3v) is 1.59. The van der Waals surface area contributed by atoms with E-state index in [1.807, 2.05) is 0 Å². The predicted molar refractivity (Wildman–Crippen MR) is 43.2 cm³/mol. The van der Waals surface area contributed by atoms with E-state index < -0.39 is 24.0 Å². The van der Waals surface area contributed by atoms with E-state index in [-0.39, 0.29) is 11.8 Å². The molecule has 16 heavy (non-hydrogen) atoms. The van der Waals surface area contributed by atoms with Crippen LogP contribution in [0.5, 0.6) is 0 Å². The summed E-state index contributed by atoms with van der Waals surface area (Å²) in [6, 6.07) is 2.46. The smallest absolute Gasteiger partial charge is 0.457 e. The van der Waals surface area contributed by atoms with Crippen LogP contribution in [0.3, 0.4) is 0 Å². The zero-order valence-electron chi connectivity index (χ0n) is 7.59. The zero-order valence-corrected chi connectivity index (χ0v) is 7.59. The number of rotatable bonds is 3. The van der Waals surface area contributed by atoms with Gasteiger partial charge in [-0.1, -0.05) is 0 Å². The van der Waals surface area contributed by atoms with E-state index in [1.54, 1.807) is 0 Å². The van der Waals surface area contributed by atoms with Crippen LogP contribution >= 0.6 is 0 Å². The maximum absolute atomic E-state index is 12.3. The van der Waals surface area contributed by atoms with Gasteiger partial charge in [-0.25, -0.2) is 0 Å². The highest BCUT2D eigenvalue weighted by atomic mass is 19.4. The first-order valence-electron chi connectivity index (χ1n) is 3.95. The van der Waals surface area contributed by atoms with Gasteiger partial charge in [0.2, 0.25) is 5.78 Å². The van der Waals surface area contributed by atoms with Crippen molar-refractivity contribution in [3.05, 3.63) is 36.3 Å². The Kier molecular flexibility index (Phi) is 3.16. The van der Waals surface area contributed by atoms with Gasteiger partial charge in [0.05, 0.1) is 6.26 Å². The Bertz CT molecular complexity index is 389. The van der Waals surface area contributed by atoms with E-state index in [2.05, 4.69) is 4.42 Å². The first kappa shape index (κ1) is 12.4. The molecule has 88 valence electrons. The normalized spacial score (nSPS) is 13.3. The molecule has 0 amide bonds. The van der Waals surface area contributed by atoms with Crippen LogP contribution in [0.4, 0.5) is 22.0 Å². The lowest BCUT2D eigenvalue weighted by molar-refractivity contribution is -0.259. The molecule has 0 unspecified atom stereocenters. The van der Waals surface area contributed by atoms with Crippen molar-refractivity contribution in [1.82, 2.24) is 0 Å². The van der Waals surface area contributed by atoms with Gasteiger partial charge in [0.1, 0.15) is 0 Å². The van der Waals surface area contributed by atoms with E-state index in [4.69, 9.17) is 0 Å². The SMILES string of the molecule is O=C(/C=C/C(F)(F)C(F)(F)F)c1ccco1. The summed E-state index contributed by atoms with van der Waals surface area (Å²) in [7, 11) is 0. The number of carbonyl (C=O) groups excluding carboxylic acids is 1. The lowest BCUT2D eigenvalue weighted by atomic mass is 10.2. The second-order valence-corrected chi connectivity index (χ2v) is 2.80. The zero-order chi connectivity index (χ0) is 12.4. The Hall–Kier alpha value is -1.66. The summed E-state index contributed by atoms with van der Waals surface area (Å²) in [4.78, 5) is 11.0. The van der Waals surface area contributed by atoms with Gasteiger partial charge in [-0.15, -0.1) is 0 Å². The number of furan rings is 1. The van der Waals surface area contributed by atoms with Crippen molar-refractivity contribution in [1.29, 1.82) is 0 Å². The van der Waals surface area contributed by atoms with E-state index in [0.29, 0.717) is 0 Å². The molecule has 0 saturated heterocycles. The number of hydrogen-bond donors (Lipinski definition) is 0. The highest BCUT2D eigenvalue weighted by molar-refractivity contribution is 6.02. The van der Waals surface area contributed by atoms with Crippen LogP contribution in [0.15, 0.2) is 35.0 Å². The van der Waals surface area contributed by atoms with E-state index in [9.17, 15) is 26.7 Å². The molecule has 0 aliphatic heterocycles. The summed E-state index contributed by atoms with van der Waals surface area (Å²) in [5.74, 6) is -6.40. The number of hydrogen-bond acceptors (Lipinski definition) is 2. The fourth-order valence-corrected chi connectivity index (χ4v) is 0.776. The van der Waals surface area contributed by atoms with Crippen molar-refractivity contribution in [2.45, 2.75) is 12.1 Å². The lowest BCUT2D eigenvalue weighted by Crippen LogP contribution is -2.34. The van der Waals surface area contributed by atoms with Crippen LogP contribution < -0.4 is 0 Å². The van der Waals surface area contributed by atoms with Crippen molar-refractivity contribution in [2.24, 2.45) is 0 Å². The predicted octanol–water partition coefficient (Wildman–Crippen LogP) is 3.22. The van der Waals surface area contributed by atoms with Crippen LogP contribution in [0.25, 0.3) is 0 Å². The highest BCUT2D eigenvalue weighted by Gasteiger charge is 2.55. The van der Waals surface area contributed by atoms with Gasteiger partial charge in [-0.2, -0.15) is 22.0 Å². The number of alkyl halides is 5. The molecule has 1 aromatic heterocycles. The first-order valence-corrected chi connectivity index (χ1v) is 3.95. The Labute approximate surface area is 86.4 Å². The van der Waals surface area contributed by atoms with Gasteiger partial charge < -0.3 is 4.42 Å². The summed E-state index contributed by atoms with van der Waals surface area (Å²) < 4.78 is 64.3. The molecule has 7 heteroatoms. The molecule has 0 radical (unpaired) electrons. The molecule has 1 aromatic rings. The number of allylic oxidation sites excluding steroid dienone is 2. The average molecular weight is 240 g/mol. The van der Waals surface area contributed by atoms with Gasteiger partial charge >= 0.3 is 12.1 Å². The average Bonchev–Trinajstić information content (AvgIpc) is 2.65. The van der Waals surface area contributed by atoms with Crippen LogP contribution in [-0.4, -0.2) is 17.9 Å². The Balaban J connectivity index is 2.79. The summed E-state index contributed by atoms with van der Waals surface area (Å²) in [6.45, 7) is 0. The van der Waals surface area contributed by atoms with Gasteiger partial charge in [0, 0.05) is 0 Å². The van der Waals surface area contributed by atoms with E-state index in [1.165, 1.54) is 6.07 Å². The van der Waals surface area contributed by atoms with Crippen LogP contribution in [-0.2, 0) is 0 Å². The third-order valence-electron chi connectivity index (χ3n) is 1.59.